The van der Waals surface area contributed by atoms with Crippen LogP contribution in [0.25, 0.3) is 33.3 Å². The number of aryl methyl sites for hydroxylation is 2. The third kappa shape index (κ3) is 2.40. The second-order valence-corrected chi connectivity index (χ2v) is 6.27. The van der Waals surface area contributed by atoms with Crippen LogP contribution in [0.5, 0.6) is 5.75 Å². The first-order valence-electron chi connectivity index (χ1n) is 8.20. The number of pyridine rings is 1. The molecular weight excluding hydrogens is 330 g/mol. The van der Waals surface area contributed by atoms with Gasteiger partial charge in [0, 0.05) is 10.8 Å². The molecule has 0 aliphatic carbocycles. The Morgan fingerprint density at radius 2 is 1.88 bits per heavy atom. The molecule has 0 fully saturated rings. The number of ether oxygens (including phenoxy) is 1. The summed E-state index contributed by atoms with van der Waals surface area (Å²) >= 11 is 0. The van der Waals surface area contributed by atoms with Crippen molar-refractivity contribution in [2.75, 3.05) is 7.11 Å². The first-order chi connectivity index (χ1) is 12.5. The number of carboxylic acids is 1. The Morgan fingerprint density at radius 3 is 2.62 bits per heavy atom. The molecule has 0 bridgehead atoms. The molecule has 4 rings (SSSR count). The fourth-order valence-corrected chi connectivity index (χ4v) is 3.26. The molecule has 26 heavy (non-hydrogen) atoms. The molecule has 0 saturated carbocycles. The van der Waals surface area contributed by atoms with Crippen molar-refractivity contribution < 1.29 is 19.1 Å². The molecule has 130 valence electrons. The van der Waals surface area contributed by atoms with E-state index in [1.807, 2.05) is 50.2 Å². The van der Waals surface area contributed by atoms with Gasteiger partial charge in [0.1, 0.15) is 5.69 Å². The summed E-state index contributed by atoms with van der Waals surface area (Å²) in [7, 11) is 1.58. The summed E-state index contributed by atoms with van der Waals surface area (Å²) in [5.74, 6) is 0.149. The fourth-order valence-electron chi connectivity index (χ4n) is 3.26. The number of fused-ring (bicyclic) bond motifs is 2. The van der Waals surface area contributed by atoms with E-state index in [1.165, 1.54) is 0 Å². The number of carbonyl (C=O) groups is 1. The van der Waals surface area contributed by atoms with Crippen molar-refractivity contribution in [2.45, 2.75) is 13.8 Å². The Hall–Kier alpha value is -3.34. The number of methoxy groups -OCH3 is 1. The normalized spacial score (nSPS) is 11.2. The van der Waals surface area contributed by atoms with Gasteiger partial charge in [-0.2, -0.15) is 0 Å². The summed E-state index contributed by atoms with van der Waals surface area (Å²) < 4.78 is 11.3. The number of furan rings is 1. The van der Waals surface area contributed by atoms with E-state index in [-0.39, 0.29) is 5.56 Å². The van der Waals surface area contributed by atoms with Crippen LogP contribution in [0.4, 0.5) is 0 Å². The minimum Gasteiger partial charge on any atom is -0.493 e. The van der Waals surface area contributed by atoms with E-state index in [0.717, 1.165) is 16.5 Å². The molecule has 0 radical (unpaired) electrons. The van der Waals surface area contributed by atoms with Crippen LogP contribution in [-0.2, 0) is 0 Å². The Morgan fingerprint density at radius 1 is 1.12 bits per heavy atom. The van der Waals surface area contributed by atoms with Gasteiger partial charge in [-0.25, -0.2) is 9.78 Å². The molecule has 1 N–H and O–H groups in total. The highest BCUT2D eigenvalue weighted by Gasteiger charge is 2.18. The summed E-state index contributed by atoms with van der Waals surface area (Å²) in [4.78, 5) is 16.6. The summed E-state index contributed by atoms with van der Waals surface area (Å²) in [6.45, 7) is 3.81. The molecule has 5 heteroatoms. The molecule has 0 spiro atoms. The Kier molecular flexibility index (Phi) is 3.65. The van der Waals surface area contributed by atoms with E-state index >= 15 is 0 Å². The Labute approximate surface area is 149 Å². The third-order valence-electron chi connectivity index (χ3n) is 4.58. The van der Waals surface area contributed by atoms with Crippen molar-refractivity contribution in [3.8, 4) is 17.2 Å². The molecule has 4 aromatic rings. The SMILES string of the molecule is COc1cccc2cc(-c3cc(C(=O)O)c4c(C)ccc(C)c4n3)oc12. The smallest absolute Gasteiger partial charge is 0.336 e. The van der Waals surface area contributed by atoms with E-state index in [9.17, 15) is 9.90 Å². The molecule has 0 amide bonds. The first-order valence-corrected chi connectivity index (χ1v) is 8.20. The van der Waals surface area contributed by atoms with Crippen molar-refractivity contribution >= 4 is 27.8 Å². The van der Waals surface area contributed by atoms with Crippen molar-refractivity contribution in [1.82, 2.24) is 4.98 Å². The van der Waals surface area contributed by atoms with Gasteiger partial charge in [-0.15, -0.1) is 0 Å². The standard InChI is InChI=1S/C21H17NO4/c1-11-7-8-12(2)19-18(11)14(21(23)24)10-15(22-19)17-9-13-5-4-6-16(25-3)20(13)26-17/h4-10H,1-3H3,(H,23,24). The predicted molar refractivity (Wildman–Crippen MR) is 99.9 cm³/mol. The first kappa shape index (κ1) is 16.1. The second-order valence-electron chi connectivity index (χ2n) is 6.27. The highest BCUT2D eigenvalue weighted by molar-refractivity contribution is 6.06. The molecule has 2 aromatic carbocycles. The van der Waals surface area contributed by atoms with Gasteiger partial charge in [0.2, 0.25) is 0 Å². The molecule has 2 heterocycles. The number of hydrogen-bond donors (Lipinski definition) is 1. The maximum atomic E-state index is 11.9. The van der Waals surface area contributed by atoms with Crippen LogP contribution in [0.15, 0.2) is 46.9 Å². The van der Waals surface area contributed by atoms with Gasteiger partial charge < -0.3 is 14.3 Å². The second kappa shape index (κ2) is 5.88. The Bertz CT molecular complexity index is 1170. The minimum absolute atomic E-state index is 0.221. The van der Waals surface area contributed by atoms with Crippen LogP contribution < -0.4 is 4.74 Å². The number of carboxylic acid groups (broad SMARTS) is 1. The van der Waals surface area contributed by atoms with Gasteiger partial charge in [0.15, 0.2) is 17.1 Å². The largest absolute Gasteiger partial charge is 0.493 e. The topological polar surface area (TPSA) is 72.6 Å². The number of rotatable bonds is 3. The van der Waals surface area contributed by atoms with Gasteiger partial charge in [0.25, 0.3) is 0 Å². The van der Waals surface area contributed by atoms with Crippen molar-refractivity contribution in [1.29, 1.82) is 0 Å². The van der Waals surface area contributed by atoms with Crippen LogP contribution in [0, 0.1) is 13.8 Å². The zero-order valence-corrected chi connectivity index (χ0v) is 14.7. The average molecular weight is 347 g/mol. The maximum Gasteiger partial charge on any atom is 0.336 e. The number of para-hydroxylation sites is 1. The van der Waals surface area contributed by atoms with E-state index in [0.29, 0.717) is 33.7 Å². The highest BCUT2D eigenvalue weighted by Crippen LogP contribution is 2.35. The monoisotopic (exact) mass is 347 g/mol. The predicted octanol–water partition coefficient (Wildman–Crippen LogP) is 4.97. The highest BCUT2D eigenvalue weighted by atomic mass is 16.5. The lowest BCUT2D eigenvalue weighted by molar-refractivity contribution is 0.0699. The van der Waals surface area contributed by atoms with Crippen LogP contribution >= 0.6 is 0 Å². The lowest BCUT2D eigenvalue weighted by atomic mass is 9.99. The van der Waals surface area contributed by atoms with Crippen LogP contribution in [-0.4, -0.2) is 23.2 Å². The van der Waals surface area contributed by atoms with E-state index < -0.39 is 5.97 Å². The Balaban J connectivity index is 2.04. The van der Waals surface area contributed by atoms with Gasteiger partial charge >= 0.3 is 5.97 Å². The van der Waals surface area contributed by atoms with Gasteiger partial charge in [0.05, 0.1) is 18.2 Å². The molecule has 0 atom stereocenters. The zero-order valence-electron chi connectivity index (χ0n) is 14.7. The molecule has 0 aliphatic heterocycles. The third-order valence-corrected chi connectivity index (χ3v) is 4.58. The zero-order chi connectivity index (χ0) is 18.4. The van der Waals surface area contributed by atoms with Crippen LogP contribution in [0.1, 0.15) is 21.5 Å². The van der Waals surface area contributed by atoms with Crippen molar-refractivity contribution in [3.05, 3.63) is 59.2 Å². The number of nitrogens with zero attached hydrogens (tertiary/aromatic N) is 1. The molecule has 0 saturated heterocycles. The van der Waals surface area contributed by atoms with Crippen molar-refractivity contribution in [2.24, 2.45) is 0 Å². The summed E-state index contributed by atoms with van der Waals surface area (Å²) in [6, 6.07) is 12.9. The summed E-state index contributed by atoms with van der Waals surface area (Å²) in [5.41, 5.74) is 3.80. The number of aromatic carboxylic acids is 1. The summed E-state index contributed by atoms with van der Waals surface area (Å²) in [6.07, 6.45) is 0. The molecule has 0 unspecified atom stereocenters. The van der Waals surface area contributed by atoms with Crippen LogP contribution in [0.2, 0.25) is 0 Å². The van der Waals surface area contributed by atoms with E-state index in [2.05, 4.69) is 0 Å². The number of benzene rings is 2. The van der Waals surface area contributed by atoms with Crippen molar-refractivity contribution in [3.63, 3.8) is 0 Å². The minimum atomic E-state index is -0.985. The molecular formula is C21H17NO4. The van der Waals surface area contributed by atoms with Crippen LogP contribution in [0.3, 0.4) is 0 Å². The van der Waals surface area contributed by atoms with E-state index in [4.69, 9.17) is 14.1 Å². The van der Waals surface area contributed by atoms with E-state index in [1.54, 1.807) is 13.2 Å². The molecule has 5 nitrogen and oxygen atoms in total. The number of aromatic nitrogens is 1. The fraction of sp³-hybridized carbons (Fsp3) is 0.143. The molecule has 0 aliphatic rings. The quantitative estimate of drug-likeness (QED) is 0.566. The lowest BCUT2D eigenvalue weighted by Gasteiger charge is -2.10. The maximum absolute atomic E-state index is 11.9. The lowest BCUT2D eigenvalue weighted by Crippen LogP contribution is -2.02. The van der Waals surface area contributed by atoms with Gasteiger partial charge in [-0.05, 0) is 43.2 Å². The van der Waals surface area contributed by atoms with Gasteiger partial charge in [-0.1, -0.05) is 24.3 Å². The van der Waals surface area contributed by atoms with Gasteiger partial charge in [-0.3, -0.25) is 0 Å². The molecule has 2 aromatic heterocycles. The number of hydrogen-bond acceptors (Lipinski definition) is 4. The summed E-state index contributed by atoms with van der Waals surface area (Å²) in [5, 5.41) is 11.2. The average Bonchev–Trinajstić information content (AvgIpc) is 3.08.